The number of ether oxygens (including phenoxy) is 2. The van der Waals surface area contributed by atoms with Gasteiger partial charge in [-0.15, -0.1) is 0 Å². The molecule has 0 fully saturated rings. The lowest BCUT2D eigenvalue weighted by Gasteiger charge is -2.13. The maximum Gasteiger partial charge on any atom is 0.226 e. The van der Waals surface area contributed by atoms with Crippen molar-refractivity contribution in [2.45, 2.75) is 39.5 Å². The number of aromatic nitrogens is 2. The number of nitrogens with zero attached hydrogens (tertiary/aromatic N) is 3. The van der Waals surface area contributed by atoms with Crippen molar-refractivity contribution in [3.8, 4) is 11.5 Å². The van der Waals surface area contributed by atoms with Crippen LogP contribution < -0.4 is 20.1 Å². The molecule has 8 heteroatoms. The third-order valence-corrected chi connectivity index (χ3v) is 4.12. The number of aliphatic imine (C=N–C) groups is 1. The molecule has 0 unspecified atom stereocenters. The van der Waals surface area contributed by atoms with Crippen LogP contribution in [-0.2, 0) is 12.8 Å². The maximum absolute atomic E-state index is 5.63. The first-order valence-corrected chi connectivity index (χ1v) is 9.69. The Balaban J connectivity index is 1.66. The van der Waals surface area contributed by atoms with Crippen LogP contribution in [0.2, 0.25) is 0 Å². The summed E-state index contributed by atoms with van der Waals surface area (Å²) in [6.07, 6.45) is 3.59. The maximum atomic E-state index is 5.63. The average Bonchev–Trinajstić information content (AvgIpc) is 3.12. The molecule has 0 aliphatic rings. The summed E-state index contributed by atoms with van der Waals surface area (Å²) < 4.78 is 16.1. The highest BCUT2D eigenvalue weighted by molar-refractivity contribution is 5.79. The lowest BCUT2D eigenvalue weighted by Crippen LogP contribution is -2.38. The molecule has 1 heterocycles. The van der Waals surface area contributed by atoms with Crippen LogP contribution in [0.25, 0.3) is 0 Å². The smallest absolute Gasteiger partial charge is 0.226 e. The highest BCUT2D eigenvalue weighted by Crippen LogP contribution is 2.28. The quantitative estimate of drug-likeness (QED) is 0.346. The van der Waals surface area contributed by atoms with E-state index in [1.165, 1.54) is 5.56 Å². The standard InChI is InChI=1S/C20H31N5O3/c1-5-27-18-14-16(10-11-17(18)26-4)8-6-12-22-20(21-3)23-13-7-9-19-24-15(2)25-28-19/h10-11,14H,5-9,12-13H2,1-4H3,(H2,21,22,23). The number of guanidine groups is 1. The van der Waals surface area contributed by atoms with Gasteiger partial charge in [0.1, 0.15) is 0 Å². The molecular formula is C20H31N5O3. The second kappa shape index (κ2) is 11.8. The van der Waals surface area contributed by atoms with Crippen LogP contribution in [0.15, 0.2) is 27.7 Å². The fourth-order valence-corrected chi connectivity index (χ4v) is 2.75. The summed E-state index contributed by atoms with van der Waals surface area (Å²) in [6, 6.07) is 6.08. The predicted molar refractivity (Wildman–Crippen MR) is 109 cm³/mol. The van der Waals surface area contributed by atoms with Crippen molar-refractivity contribution in [3.05, 3.63) is 35.5 Å². The van der Waals surface area contributed by atoms with E-state index in [0.29, 0.717) is 18.3 Å². The number of methoxy groups -OCH3 is 1. The van der Waals surface area contributed by atoms with Gasteiger partial charge < -0.3 is 24.6 Å². The van der Waals surface area contributed by atoms with E-state index in [-0.39, 0.29) is 0 Å². The molecule has 0 atom stereocenters. The molecule has 28 heavy (non-hydrogen) atoms. The molecule has 2 rings (SSSR count). The Hall–Kier alpha value is -2.77. The zero-order chi connectivity index (χ0) is 20.2. The summed E-state index contributed by atoms with van der Waals surface area (Å²) >= 11 is 0. The van der Waals surface area contributed by atoms with Gasteiger partial charge in [-0.2, -0.15) is 4.98 Å². The molecule has 0 aliphatic carbocycles. The van der Waals surface area contributed by atoms with E-state index in [1.807, 2.05) is 19.9 Å². The molecule has 8 nitrogen and oxygen atoms in total. The van der Waals surface area contributed by atoms with E-state index in [2.05, 4.69) is 37.9 Å². The van der Waals surface area contributed by atoms with Crippen LogP contribution in [0, 0.1) is 6.92 Å². The van der Waals surface area contributed by atoms with Gasteiger partial charge in [0.25, 0.3) is 0 Å². The van der Waals surface area contributed by atoms with Crippen molar-refractivity contribution in [1.29, 1.82) is 0 Å². The van der Waals surface area contributed by atoms with Crippen molar-refractivity contribution in [2.24, 2.45) is 4.99 Å². The van der Waals surface area contributed by atoms with Gasteiger partial charge >= 0.3 is 0 Å². The lowest BCUT2D eigenvalue weighted by atomic mass is 10.1. The topological polar surface area (TPSA) is 93.8 Å². The fraction of sp³-hybridized carbons (Fsp3) is 0.550. The molecular weight excluding hydrogens is 358 g/mol. The summed E-state index contributed by atoms with van der Waals surface area (Å²) in [7, 11) is 3.43. The summed E-state index contributed by atoms with van der Waals surface area (Å²) in [5.41, 5.74) is 1.23. The molecule has 0 aliphatic heterocycles. The highest BCUT2D eigenvalue weighted by Gasteiger charge is 2.06. The first-order valence-electron chi connectivity index (χ1n) is 9.69. The molecule has 0 bridgehead atoms. The third-order valence-electron chi connectivity index (χ3n) is 4.12. The van der Waals surface area contributed by atoms with Gasteiger partial charge in [0, 0.05) is 26.6 Å². The summed E-state index contributed by atoms with van der Waals surface area (Å²) in [5, 5.41) is 10.4. The van der Waals surface area contributed by atoms with Gasteiger partial charge in [0.15, 0.2) is 23.3 Å². The Kier molecular flexibility index (Phi) is 9.10. The zero-order valence-electron chi connectivity index (χ0n) is 17.2. The van der Waals surface area contributed by atoms with E-state index in [0.717, 1.165) is 56.2 Å². The molecule has 1 aromatic heterocycles. The molecule has 0 saturated carbocycles. The first kappa shape index (κ1) is 21.5. The second-order valence-electron chi connectivity index (χ2n) is 6.29. The normalized spacial score (nSPS) is 11.4. The Morgan fingerprint density at radius 2 is 1.89 bits per heavy atom. The molecule has 1 aromatic carbocycles. The van der Waals surface area contributed by atoms with Gasteiger partial charge in [-0.1, -0.05) is 11.2 Å². The average molecular weight is 390 g/mol. The fourth-order valence-electron chi connectivity index (χ4n) is 2.75. The van der Waals surface area contributed by atoms with Gasteiger partial charge in [-0.05, 0) is 50.8 Å². The summed E-state index contributed by atoms with van der Waals surface area (Å²) in [5.74, 6) is 3.71. The first-order chi connectivity index (χ1) is 13.7. The minimum Gasteiger partial charge on any atom is -0.493 e. The third kappa shape index (κ3) is 7.09. The molecule has 2 N–H and O–H groups in total. The van der Waals surface area contributed by atoms with Crippen LogP contribution in [-0.4, -0.2) is 50.0 Å². The Bertz CT molecular complexity index is 745. The Labute approximate surface area is 166 Å². The van der Waals surface area contributed by atoms with Crippen LogP contribution in [0.4, 0.5) is 0 Å². The van der Waals surface area contributed by atoms with Crippen LogP contribution in [0.1, 0.15) is 37.0 Å². The summed E-state index contributed by atoms with van der Waals surface area (Å²) in [6.45, 7) is 6.03. The molecule has 0 saturated heterocycles. The highest BCUT2D eigenvalue weighted by atomic mass is 16.5. The number of benzene rings is 1. The van der Waals surface area contributed by atoms with Crippen LogP contribution >= 0.6 is 0 Å². The predicted octanol–water partition coefficient (Wildman–Crippen LogP) is 2.52. The number of hydrogen-bond donors (Lipinski definition) is 2. The van der Waals surface area contributed by atoms with Gasteiger partial charge in [0.05, 0.1) is 13.7 Å². The van der Waals surface area contributed by atoms with Crippen molar-refractivity contribution in [3.63, 3.8) is 0 Å². The number of rotatable bonds is 11. The summed E-state index contributed by atoms with van der Waals surface area (Å²) in [4.78, 5) is 8.45. The Morgan fingerprint density at radius 3 is 2.50 bits per heavy atom. The number of nitrogens with one attached hydrogen (secondary N) is 2. The molecule has 0 radical (unpaired) electrons. The number of hydrogen-bond acceptors (Lipinski definition) is 6. The van der Waals surface area contributed by atoms with Gasteiger partial charge in [-0.3, -0.25) is 4.99 Å². The monoisotopic (exact) mass is 389 g/mol. The molecule has 154 valence electrons. The van der Waals surface area contributed by atoms with E-state index in [1.54, 1.807) is 14.2 Å². The van der Waals surface area contributed by atoms with E-state index in [4.69, 9.17) is 14.0 Å². The Morgan fingerprint density at radius 1 is 1.14 bits per heavy atom. The minimum atomic E-state index is 0.621. The number of aryl methyl sites for hydroxylation is 3. The molecule has 0 spiro atoms. The van der Waals surface area contributed by atoms with Crippen molar-refractivity contribution >= 4 is 5.96 Å². The van der Waals surface area contributed by atoms with Gasteiger partial charge in [-0.25, -0.2) is 0 Å². The van der Waals surface area contributed by atoms with Crippen molar-refractivity contribution in [2.75, 3.05) is 33.9 Å². The van der Waals surface area contributed by atoms with Crippen LogP contribution in [0.5, 0.6) is 11.5 Å². The van der Waals surface area contributed by atoms with E-state index < -0.39 is 0 Å². The molecule has 0 amide bonds. The van der Waals surface area contributed by atoms with Crippen LogP contribution in [0.3, 0.4) is 0 Å². The largest absolute Gasteiger partial charge is 0.493 e. The second-order valence-corrected chi connectivity index (χ2v) is 6.29. The zero-order valence-corrected chi connectivity index (χ0v) is 17.2. The minimum absolute atomic E-state index is 0.621. The van der Waals surface area contributed by atoms with E-state index >= 15 is 0 Å². The lowest BCUT2D eigenvalue weighted by molar-refractivity contribution is 0.310. The van der Waals surface area contributed by atoms with E-state index in [9.17, 15) is 0 Å². The van der Waals surface area contributed by atoms with Crippen molar-refractivity contribution in [1.82, 2.24) is 20.8 Å². The van der Waals surface area contributed by atoms with Crippen molar-refractivity contribution < 1.29 is 14.0 Å². The molecule has 2 aromatic rings. The van der Waals surface area contributed by atoms with Gasteiger partial charge in [0.2, 0.25) is 5.89 Å². The SMILES string of the molecule is CCOc1cc(CCCNC(=NC)NCCCc2nc(C)no2)ccc1OC.